The largest absolute Gasteiger partial charge is 0.444 e. The van der Waals surface area contributed by atoms with Crippen molar-refractivity contribution >= 4 is 6.09 Å². The van der Waals surface area contributed by atoms with E-state index in [-0.39, 0.29) is 19.3 Å². The van der Waals surface area contributed by atoms with Crippen LogP contribution in [0.3, 0.4) is 0 Å². The maximum Gasteiger partial charge on any atom is 0.410 e. The van der Waals surface area contributed by atoms with Gasteiger partial charge in [-0.25, -0.2) is 4.79 Å². The zero-order chi connectivity index (χ0) is 17.6. The first-order valence-corrected chi connectivity index (χ1v) is 8.23. The zero-order valence-electron chi connectivity index (χ0n) is 14.6. The van der Waals surface area contributed by atoms with E-state index in [4.69, 9.17) is 14.2 Å². The molecular formula is C18H27NO5. The summed E-state index contributed by atoms with van der Waals surface area (Å²) in [6, 6.07) is 9.86. The van der Waals surface area contributed by atoms with Crippen molar-refractivity contribution in [1.29, 1.82) is 0 Å². The van der Waals surface area contributed by atoms with E-state index in [1.54, 1.807) is 0 Å². The van der Waals surface area contributed by atoms with Crippen LogP contribution in [-0.2, 0) is 20.8 Å². The number of β-amino-alcohol motifs (C(OH)–C–C–N with tert-alkyl or cyclic N) is 1. The Morgan fingerprint density at radius 1 is 1.29 bits per heavy atom. The first-order chi connectivity index (χ1) is 11.3. The molecule has 1 saturated heterocycles. The molecule has 1 heterocycles. The number of carbonyl (C=O) groups is 1. The van der Waals surface area contributed by atoms with Crippen molar-refractivity contribution < 1.29 is 24.1 Å². The van der Waals surface area contributed by atoms with E-state index >= 15 is 0 Å². The number of aliphatic hydroxyl groups excluding tert-OH is 1. The second-order valence-electron chi connectivity index (χ2n) is 7.00. The van der Waals surface area contributed by atoms with Crippen LogP contribution in [0.1, 0.15) is 26.3 Å². The summed E-state index contributed by atoms with van der Waals surface area (Å²) in [5.41, 5.74) is 0.504. The van der Waals surface area contributed by atoms with E-state index in [9.17, 15) is 9.90 Å². The number of aliphatic hydroxyl groups is 1. The SMILES string of the molecule is CC(C)(C)OC(=O)N1C[C@@H](O)CO[C@H](COCc2ccccc2)C1. The summed E-state index contributed by atoms with van der Waals surface area (Å²) in [6.07, 6.45) is -1.46. The Morgan fingerprint density at radius 2 is 2.00 bits per heavy atom. The van der Waals surface area contributed by atoms with Crippen LogP contribution in [0.25, 0.3) is 0 Å². The van der Waals surface area contributed by atoms with E-state index in [0.717, 1.165) is 5.56 Å². The number of benzene rings is 1. The lowest BCUT2D eigenvalue weighted by atomic mass is 10.2. The van der Waals surface area contributed by atoms with Crippen LogP contribution < -0.4 is 0 Å². The Kier molecular flexibility index (Phi) is 6.60. The minimum atomic E-state index is -0.725. The van der Waals surface area contributed by atoms with Crippen molar-refractivity contribution in [3.05, 3.63) is 35.9 Å². The summed E-state index contributed by atoms with van der Waals surface area (Å²) in [7, 11) is 0. The third kappa shape index (κ3) is 6.47. The van der Waals surface area contributed by atoms with Crippen molar-refractivity contribution in [2.75, 3.05) is 26.3 Å². The molecule has 1 aliphatic rings. The molecule has 0 aromatic heterocycles. The number of nitrogens with zero attached hydrogens (tertiary/aromatic N) is 1. The number of hydrogen-bond donors (Lipinski definition) is 1. The van der Waals surface area contributed by atoms with Gasteiger partial charge in [0.15, 0.2) is 0 Å². The minimum absolute atomic E-state index is 0.179. The molecule has 24 heavy (non-hydrogen) atoms. The third-order valence-corrected chi connectivity index (χ3v) is 3.45. The lowest BCUT2D eigenvalue weighted by Crippen LogP contribution is -2.43. The molecule has 6 heteroatoms. The van der Waals surface area contributed by atoms with Crippen molar-refractivity contribution in [3.8, 4) is 0 Å². The van der Waals surface area contributed by atoms with Crippen LogP contribution in [0.4, 0.5) is 4.79 Å². The summed E-state index contributed by atoms with van der Waals surface area (Å²) >= 11 is 0. The third-order valence-electron chi connectivity index (χ3n) is 3.45. The molecule has 1 aromatic rings. The Hall–Kier alpha value is -1.63. The number of rotatable bonds is 4. The van der Waals surface area contributed by atoms with Gasteiger partial charge in [-0.2, -0.15) is 0 Å². The molecule has 1 N–H and O–H groups in total. The maximum atomic E-state index is 12.2. The number of hydrogen-bond acceptors (Lipinski definition) is 5. The van der Waals surface area contributed by atoms with E-state index < -0.39 is 17.8 Å². The van der Waals surface area contributed by atoms with Gasteiger partial charge in [-0.1, -0.05) is 30.3 Å². The van der Waals surface area contributed by atoms with Crippen LogP contribution in [0.15, 0.2) is 30.3 Å². The molecule has 1 aromatic carbocycles. The Balaban J connectivity index is 1.86. The molecule has 0 radical (unpaired) electrons. The van der Waals surface area contributed by atoms with Gasteiger partial charge < -0.3 is 24.2 Å². The van der Waals surface area contributed by atoms with Crippen molar-refractivity contribution in [1.82, 2.24) is 4.90 Å². The average molecular weight is 337 g/mol. The quantitative estimate of drug-likeness (QED) is 0.912. The molecule has 1 amide bonds. The van der Waals surface area contributed by atoms with Gasteiger partial charge >= 0.3 is 6.09 Å². The van der Waals surface area contributed by atoms with Gasteiger partial charge in [0.1, 0.15) is 5.60 Å². The van der Waals surface area contributed by atoms with E-state index in [1.165, 1.54) is 4.90 Å². The highest BCUT2D eigenvalue weighted by Gasteiger charge is 2.30. The van der Waals surface area contributed by atoms with Gasteiger partial charge in [-0.05, 0) is 26.3 Å². The van der Waals surface area contributed by atoms with Crippen molar-refractivity contribution in [2.24, 2.45) is 0 Å². The molecule has 2 rings (SSSR count). The molecule has 0 saturated carbocycles. The fourth-order valence-corrected chi connectivity index (χ4v) is 2.39. The highest BCUT2D eigenvalue weighted by Crippen LogP contribution is 2.14. The summed E-state index contributed by atoms with van der Waals surface area (Å²) < 4.78 is 16.7. The van der Waals surface area contributed by atoms with E-state index in [2.05, 4.69) is 0 Å². The zero-order valence-corrected chi connectivity index (χ0v) is 14.6. The molecule has 0 spiro atoms. The topological polar surface area (TPSA) is 68.2 Å². The Labute approximate surface area is 143 Å². The number of carbonyl (C=O) groups excluding carboxylic acids is 1. The second-order valence-corrected chi connectivity index (χ2v) is 7.00. The first-order valence-electron chi connectivity index (χ1n) is 8.23. The van der Waals surface area contributed by atoms with Gasteiger partial charge in [0.05, 0.1) is 45.1 Å². The van der Waals surface area contributed by atoms with Gasteiger partial charge in [-0.15, -0.1) is 0 Å². The standard InChI is InChI=1S/C18H27NO5/c1-18(2,3)24-17(21)19-9-15(20)12-23-16(10-19)13-22-11-14-7-5-4-6-8-14/h4-8,15-16,20H,9-13H2,1-3H3/t15-,16+/m1/s1. The molecule has 1 aliphatic heterocycles. The van der Waals surface area contributed by atoms with Gasteiger partial charge in [-0.3, -0.25) is 0 Å². The van der Waals surface area contributed by atoms with Gasteiger partial charge in [0.25, 0.3) is 0 Å². The predicted molar refractivity (Wildman–Crippen MR) is 89.7 cm³/mol. The van der Waals surface area contributed by atoms with Crippen LogP contribution in [-0.4, -0.2) is 60.2 Å². The summed E-state index contributed by atoms with van der Waals surface area (Å²) in [6.45, 7) is 6.99. The fourth-order valence-electron chi connectivity index (χ4n) is 2.39. The normalized spacial score (nSPS) is 22.1. The van der Waals surface area contributed by atoms with Crippen molar-refractivity contribution in [3.63, 3.8) is 0 Å². The van der Waals surface area contributed by atoms with E-state index in [1.807, 2.05) is 51.1 Å². The van der Waals surface area contributed by atoms with Crippen LogP contribution in [0.2, 0.25) is 0 Å². The predicted octanol–water partition coefficient (Wildman–Crippen LogP) is 2.20. The molecule has 0 aliphatic carbocycles. The summed E-state index contributed by atoms with van der Waals surface area (Å²) in [4.78, 5) is 13.7. The average Bonchev–Trinajstić information content (AvgIpc) is 2.69. The fraction of sp³-hybridized carbons (Fsp3) is 0.611. The molecule has 6 nitrogen and oxygen atoms in total. The minimum Gasteiger partial charge on any atom is -0.444 e. The van der Waals surface area contributed by atoms with Gasteiger partial charge in [0.2, 0.25) is 0 Å². The van der Waals surface area contributed by atoms with Crippen molar-refractivity contribution in [2.45, 2.75) is 45.2 Å². The highest BCUT2D eigenvalue weighted by molar-refractivity contribution is 5.68. The molecule has 0 unspecified atom stereocenters. The smallest absolute Gasteiger partial charge is 0.410 e. The van der Waals surface area contributed by atoms with Crippen LogP contribution in [0.5, 0.6) is 0 Å². The summed E-state index contributed by atoms with van der Waals surface area (Å²) in [5, 5.41) is 9.91. The maximum absolute atomic E-state index is 12.2. The second kappa shape index (κ2) is 8.46. The number of amides is 1. The van der Waals surface area contributed by atoms with Crippen LogP contribution >= 0.6 is 0 Å². The monoisotopic (exact) mass is 337 g/mol. The molecule has 1 fully saturated rings. The van der Waals surface area contributed by atoms with Gasteiger partial charge in [0, 0.05) is 0 Å². The van der Waals surface area contributed by atoms with Crippen LogP contribution in [0, 0.1) is 0 Å². The Bertz CT molecular complexity index is 514. The first kappa shape index (κ1) is 18.7. The molecule has 134 valence electrons. The number of ether oxygens (including phenoxy) is 3. The Morgan fingerprint density at radius 3 is 2.67 bits per heavy atom. The summed E-state index contributed by atoms with van der Waals surface area (Å²) in [5.74, 6) is 0. The molecule has 2 atom stereocenters. The lowest BCUT2D eigenvalue weighted by Gasteiger charge is -2.28. The molecule has 0 bridgehead atoms. The lowest BCUT2D eigenvalue weighted by molar-refractivity contribution is -0.0381. The highest BCUT2D eigenvalue weighted by atomic mass is 16.6. The van der Waals surface area contributed by atoms with E-state index in [0.29, 0.717) is 19.8 Å². The molecular weight excluding hydrogens is 310 g/mol.